The molecule has 0 aromatic heterocycles. The van der Waals surface area contributed by atoms with Crippen molar-refractivity contribution in [3.63, 3.8) is 0 Å². The Kier molecular flexibility index (Phi) is 4.72. The number of sulfonamides is 1. The maximum atomic E-state index is 11.7. The first kappa shape index (κ1) is 13.0. The van der Waals surface area contributed by atoms with Gasteiger partial charge in [-0.1, -0.05) is 0 Å². The second-order valence-electron chi connectivity index (χ2n) is 3.16. The molecule has 90 valence electrons. The van der Waals surface area contributed by atoms with E-state index in [0.29, 0.717) is 6.61 Å². The van der Waals surface area contributed by atoms with Gasteiger partial charge < -0.3 is 10.1 Å². The molecule has 2 N–H and O–H groups in total. The van der Waals surface area contributed by atoms with Crippen LogP contribution >= 0.6 is 0 Å². The number of ether oxygens (including phenoxy) is 1. The molecular weight excluding hydrogens is 228 g/mol. The Balaban J connectivity index is 2.74. The fourth-order valence-electron chi connectivity index (χ4n) is 1.16. The predicted octanol–water partition coefficient (Wildman–Crippen LogP) is 0.653. The van der Waals surface area contributed by atoms with E-state index in [0.717, 1.165) is 5.69 Å². The summed E-state index contributed by atoms with van der Waals surface area (Å²) in [6.07, 6.45) is 0. The molecule has 0 fully saturated rings. The number of hydrogen-bond donors (Lipinski definition) is 2. The van der Waals surface area contributed by atoms with Gasteiger partial charge in [0, 0.05) is 26.4 Å². The van der Waals surface area contributed by atoms with E-state index >= 15 is 0 Å². The average Bonchev–Trinajstić information content (AvgIpc) is 2.29. The Hall–Kier alpha value is -1.11. The molecule has 0 aliphatic heterocycles. The largest absolute Gasteiger partial charge is 0.388 e. The van der Waals surface area contributed by atoms with Crippen molar-refractivity contribution in [1.29, 1.82) is 0 Å². The minimum Gasteiger partial charge on any atom is -0.388 e. The van der Waals surface area contributed by atoms with Crippen LogP contribution in [0.15, 0.2) is 29.2 Å². The lowest BCUT2D eigenvalue weighted by Gasteiger charge is -2.07. The molecular formula is C10H16N2O3S. The van der Waals surface area contributed by atoms with Crippen LogP contribution in [0.2, 0.25) is 0 Å². The average molecular weight is 244 g/mol. The second-order valence-corrected chi connectivity index (χ2v) is 4.93. The van der Waals surface area contributed by atoms with Crippen LogP contribution in [0.1, 0.15) is 0 Å². The normalized spacial score (nSPS) is 11.4. The van der Waals surface area contributed by atoms with Gasteiger partial charge in [-0.25, -0.2) is 13.1 Å². The van der Waals surface area contributed by atoms with E-state index in [1.807, 2.05) is 0 Å². The smallest absolute Gasteiger partial charge is 0.240 e. The first-order valence-electron chi connectivity index (χ1n) is 4.86. The molecule has 0 bridgehead atoms. The fraction of sp³-hybridized carbons (Fsp3) is 0.400. The molecule has 0 aliphatic carbocycles. The van der Waals surface area contributed by atoms with Gasteiger partial charge in [0.1, 0.15) is 0 Å². The lowest BCUT2D eigenvalue weighted by atomic mass is 10.3. The molecule has 0 amide bonds. The van der Waals surface area contributed by atoms with Crippen molar-refractivity contribution in [3.8, 4) is 0 Å². The Morgan fingerprint density at radius 1 is 1.25 bits per heavy atom. The highest BCUT2D eigenvalue weighted by Crippen LogP contribution is 2.12. The molecule has 0 atom stereocenters. The fourth-order valence-corrected chi connectivity index (χ4v) is 2.18. The second kappa shape index (κ2) is 5.83. The summed E-state index contributed by atoms with van der Waals surface area (Å²) in [6.45, 7) is 0.625. The van der Waals surface area contributed by atoms with Gasteiger partial charge in [0.15, 0.2) is 0 Å². The third-order valence-electron chi connectivity index (χ3n) is 2.05. The summed E-state index contributed by atoms with van der Waals surface area (Å²) in [5.41, 5.74) is 0.871. The van der Waals surface area contributed by atoms with Gasteiger partial charge in [-0.15, -0.1) is 0 Å². The van der Waals surface area contributed by atoms with E-state index in [4.69, 9.17) is 4.74 Å². The number of anilines is 1. The summed E-state index contributed by atoms with van der Waals surface area (Å²) in [6, 6.07) is 6.54. The number of hydrogen-bond acceptors (Lipinski definition) is 4. The summed E-state index contributed by atoms with van der Waals surface area (Å²) in [4.78, 5) is 0.252. The van der Waals surface area contributed by atoms with Crippen LogP contribution in [-0.4, -0.2) is 35.7 Å². The highest BCUT2D eigenvalue weighted by molar-refractivity contribution is 7.89. The van der Waals surface area contributed by atoms with Crippen LogP contribution in [0.3, 0.4) is 0 Å². The molecule has 6 heteroatoms. The van der Waals surface area contributed by atoms with Crippen molar-refractivity contribution in [2.75, 3.05) is 32.6 Å². The van der Waals surface area contributed by atoms with Gasteiger partial charge in [-0.2, -0.15) is 0 Å². The van der Waals surface area contributed by atoms with Crippen LogP contribution in [-0.2, 0) is 14.8 Å². The molecule has 0 saturated carbocycles. The third kappa shape index (κ3) is 3.48. The minimum absolute atomic E-state index is 0.252. The molecule has 0 heterocycles. The zero-order valence-electron chi connectivity index (χ0n) is 9.36. The molecule has 5 nitrogen and oxygen atoms in total. The molecule has 0 saturated heterocycles. The highest BCUT2D eigenvalue weighted by Gasteiger charge is 2.12. The van der Waals surface area contributed by atoms with Crippen LogP contribution < -0.4 is 10.0 Å². The van der Waals surface area contributed by atoms with E-state index in [1.54, 1.807) is 31.3 Å². The monoisotopic (exact) mass is 244 g/mol. The van der Waals surface area contributed by atoms with Crippen LogP contribution in [0.5, 0.6) is 0 Å². The third-order valence-corrected chi connectivity index (χ3v) is 3.53. The van der Waals surface area contributed by atoms with Crippen molar-refractivity contribution in [2.24, 2.45) is 0 Å². The number of methoxy groups -OCH3 is 1. The van der Waals surface area contributed by atoms with Gasteiger partial charge in [0.25, 0.3) is 0 Å². The molecule has 0 radical (unpaired) electrons. The molecule has 1 aromatic carbocycles. The van der Waals surface area contributed by atoms with E-state index in [2.05, 4.69) is 10.0 Å². The van der Waals surface area contributed by atoms with E-state index in [-0.39, 0.29) is 11.4 Å². The molecule has 1 aromatic rings. The Morgan fingerprint density at radius 3 is 2.38 bits per heavy atom. The van der Waals surface area contributed by atoms with Crippen molar-refractivity contribution in [1.82, 2.24) is 4.72 Å². The molecule has 0 aliphatic rings. The summed E-state index contributed by atoms with van der Waals surface area (Å²) < 4.78 is 30.7. The molecule has 16 heavy (non-hydrogen) atoms. The summed E-state index contributed by atoms with van der Waals surface area (Å²) >= 11 is 0. The van der Waals surface area contributed by atoms with Crippen molar-refractivity contribution in [2.45, 2.75) is 4.90 Å². The quantitative estimate of drug-likeness (QED) is 0.721. The Labute approximate surface area is 95.9 Å². The first-order chi connectivity index (χ1) is 7.60. The molecule has 1 rings (SSSR count). The van der Waals surface area contributed by atoms with Crippen LogP contribution in [0.25, 0.3) is 0 Å². The lowest BCUT2D eigenvalue weighted by molar-refractivity contribution is 0.204. The van der Waals surface area contributed by atoms with Gasteiger partial charge in [-0.3, -0.25) is 0 Å². The topological polar surface area (TPSA) is 67.4 Å². The molecule has 0 unspecified atom stereocenters. The minimum atomic E-state index is -3.42. The van der Waals surface area contributed by atoms with Gasteiger partial charge in [-0.05, 0) is 24.3 Å². The zero-order valence-corrected chi connectivity index (χ0v) is 10.2. The predicted molar refractivity (Wildman–Crippen MR) is 63.1 cm³/mol. The van der Waals surface area contributed by atoms with Crippen molar-refractivity contribution in [3.05, 3.63) is 24.3 Å². The summed E-state index contributed by atoms with van der Waals surface area (Å²) in [5, 5.41) is 2.92. The van der Waals surface area contributed by atoms with Gasteiger partial charge in [0.05, 0.1) is 11.5 Å². The van der Waals surface area contributed by atoms with E-state index in [1.165, 1.54) is 7.11 Å². The standard InChI is InChI=1S/C10H16N2O3S/c1-11-9-3-5-10(6-4-9)16(13,14)12-7-8-15-2/h3-6,11-12H,7-8H2,1-2H3. The van der Waals surface area contributed by atoms with Crippen LogP contribution in [0.4, 0.5) is 5.69 Å². The van der Waals surface area contributed by atoms with E-state index in [9.17, 15) is 8.42 Å². The van der Waals surface area contributed by atoms with Crippen molar-refractivity contribution >= 4 is 15.7 Å². The lowest BCUT2D eigenvalue weighted by Crippen LogP contribution is -2.27. The maximum absolute atomic E-state index is 11.7. The SMILES string of the molecule is CNc1ccc(S(=O)(=O)NCCOC)cc1. The zero-order chi connectivity index (χ0) is 12.0. The molecule has 0 spiro atoms. The Bertz CT molecular complexity index is 414. The maximum Gasteiger partial charge on any atom is 0.240 e. The van der Waals surface area contributed by atoms with Gasteiger partial charge in [0.2, 0.25) is 10.0 Å². The van der Waals surface area contributed by atoms with Crippen LogP contribution in [0, 0.1) is 0 Å². The Morgan fingerprint density at radius 2 is 1.88 bits per heavy atom. The number of nitrogens with one attached hydrogen (secondary N) is 2. The summed E-state index contributed by atoms with van der Waals surface area (Å²) in [7, 11) is -0.113. The summed E-state index contributed by atoms with van der Waals surface area (Å²) in [5.74, 6) is 0. The highest BCUT2D eigenvalue weighted by atomic mass is 32.2. The number of benzene rings is 1. The van der Waals surface area contributed by atoms with Gasteiger partial charge >= 0.3 is 0 Å². The van der Waals surface area contributed by atoms with Crippen molar-refractivity contribution < 1.29 is 13.2 Å². The first-order valence-corrected chi connectivity index (χ1v) is 6.35. The van der Waals surface area contributed by atoms with E-state index < -0.39 is 10.0 Å². The number of rotatable bonds is 6.